The molecule has 3 nitrogen and oxygen atoms in total. The first-order valence-corrected chi connectivity index (χ1v) is 7.72. The quantitative estimate of drug-likeness (QED) is 0.793. The minimum Gasteiger partial charge on any atom is -0.293 e. The second-order valence-electron chi connectivity index (χ2n) is 5.78. The van der Waals surface area contributed by atoms with Gasteiger partial charge in [-0.3, -0.25) is 14.8 Å². The molecule has 1 aromatic heterocycles. The average molecular weight is 291 g/mol. The molecule has 1 fully saturated rings. The van der Waals surface area contributed by atoms with Crippen molar-refractivity contribution in [3.05, 3.63) is 65.5 Å². The van der Waals surface area contributed by atoms with Crippen molar-refractivity contribution in [3.8, 4) is 11.8 Å². The van der Waals surface area contributed by atoms with Crippen LogP contribution in [-0.4, -0.2) is 41.6 Å². The highest BCUT2D eigenvalue weighted by Crippen LogP contribution is 2.09. The Balaban J connectivity index is 1.62. The van der Waals surface area contributed by atoms with Crippen LogP contribution in [0, 0.1) is 11.8 Å². The van der Waals surface area contributed by atoms with E-state index in [9.17, 15) is 0 Å². The van der Waals surface area contributed by atoms with Crippen molar-refractivity contribution in [2.75, 3.05) is 26.8 Å². The summed E-state index contributed by atoms with van der Waals surface area (Å²) in [5, 5.41) is 0. The molecule has 0 saturated carbocycles. The first kappa shape index (κ1) is 14.8. The molecule has 0 amide bonds. The summed E-state index contributed by atoms with van der Waals surface area (Å²) in [6.45, 7) is 4.29. The van der Waals surface area contributed by atoms with E-state index in [0.29, 0.717) is 0 Å². The van der Waals surface area contributed by atoms with Gasteiger partial charge in [-0.15, -0.1) is 0 Å². The summed E-state index contributed by atoms with van der Waals surface area (Å²) < 4.78 is 0. The van der Waals surface area contributed by atoms with Crippen molar-refractivity contribution in [2.45, 2.75) is 13.0 Å². The lowest BCUT2D eigenvalue weighted by Gasteiger charge is -2.32. The first-order chi connectivity index (χ1) is 10.8. The van der Waals surface area contributed by atoms with Crippen molar-refractivity contribution in [2.24, 2.45) is 0 Å². The molecule has 0 aliphatic carbocycles. The first-order valence-electron chi connectivity index (χ1n) is 7.72. The van der Waals surface area contributed by atoms with E-state index < -0.39 is 0 Å². The Bertz CT molecular complexity index is 653. The summed E-state index contributed by atoms with van der Waals surface area (Å²) in [5.41, 5.74) is 3.10. The highest BCUT2D eigenvalue weighted by molar-refractivity contribution is 5.41. The molecule has 0 atom stereocenters. The van der Waals surface area contributed by atoms with Gasteiger partial charge < -0.3 is 0 Å². The number of rotatable bonds is 2. The molecule has 0 radical (unpaired) electrons. The zero-order valence-electron chi connectivity index (χ0n) is 13.0. The summed E-state index contributed by atoms with van der Waals surface area (Å²) in [6.07, 6.45) is 3.11. The highest BCUT2D eigenvalue weighted by Gasteiger charge is 2.14. The molecule has 3 heteroatoms. The maximum Gasteiger partial charge on any atom is 0.0545 e. The molecule has 3 rings (SSSR count). The molecule has 0 N–H and O–H groups in total. The van der Waals surface area contributed by atoms with Gasteiger partial charge in [0.2, 0.25) is 0 Å². The Hall–Kier alpha value is -2.15. The largest absolute Gasteiger partial charge is 0.293 e. The van der Waals surface area contributed by atoms with Crippen LogP contribution in [0.4, 0.5) is 0 Å². The second kappa shape index (κ2) is 7.22. The molecular formula is C19H21N3. The molecule has 0 unspecified atom stereocenters. The monoisotopic (exact) mass is 291 g/mol. The van der Waals surface area contributed by atoms with E-state index >= 15 is 0 Å². The normalized spacial score (nSPS) is 16.0. The van der Waals surface area contributed by atoms with E-state index in [4.69, 9.17) is 0 Å². The van der Waals surface area contributed by atoms with E-state index in [1.165, 1.54) is 13.0 Å². The fourth-order valence-corrected chi connectivity index (χ4v) is 2.66. The van der Waals surface area contributed by atoms with E-state index in [1.54, 1.807) is 0 Å². The molecule has 1 aromatic carbocycles. The summed E-state index contributed by atoms with van der Waals surface area (Å²) in [5.74, 6) is 6.33. The van der Waals surface area contributed by atoms with Gasteiger partial charge in [-0.1, -0.05) is 30.0 Å². The third-order valence-electron chi connectivity index (χ3n) is 3.79. The Morgan fingerprint density at radius 2 is 1.82 bits per heavy atom. The fraction of sp³-hybridized carbons (Fsp3) is 0.316. The van der Waals surface area contributed by atoms with Gasteiger partial charge in [0, 0.05) is 37.0 Å². The van der Waals surface area contributed by atoms with E-state index in [0.717, 1.165) is 36.6 Å². The number of aromatic nitrogens is 1. The molecule has 2 aromatic rings. The molecule has 112 valence electrons. The Kier molecular flexibility index (Phi) is 4.85. The topological polar surface area (TPSA) is 19.4 Å². The lowest BCUT2D eigenvalue weighted by molar-refractivity contribution is 0.100. The van der Waals surface area contributed by atoms with Gasteiger partial charge in [0.15, 0.2) is 0 Å². The number of nitrogens with zero attached hydrogens (tertiary/aromatic N) is 3. The molecular weight excluding hydrogens is 270 g/mol. The molecule has 1 aliphatic rings. The molecule has 0 spiro atoms. The van der Waals surface area contributed by atoms with Gasteiger partial charge in [-0.05, 0) is 37.7 Å². The van der Waals surface area contributed by atoms with Crippen LogP contribution in [0.5, 0.6) is 0 Å². The fourth-order valence-electron chi connectivity index (χ4n) is 2.66. The smallest absolute Gasteiger partial charge is 0.0545 e. The van der Waals surface area contributed by atoms with Crippen LogP contribution >= 0.6 is 0 Å². The third-order valence-corrected chi connectivity index (χ3v) is 3.79. The summed E-state index contributed by atoms with van der Waals surface area (Å²) in [7, 11) is 2.17. The molecule has 22 heavy (non-hydrogen) atoms. The predicted molar refractivity (Wildman–Crippen MR) is 89.2 cm³/mol. The zero-order chi connectivity index (χ0) is 15.2. The lowest BCUT2D eigenvalue weighted by atomic mass is 10.2. The van der Waals surface area contributed by atoms with Crippen molar-refractivity contribution >= 4 is 0 Å². The average Bonchev–Trinajstić information content (AvgIpc) is 2.55. The molecule has 0 bridgehead atoms. The van der Waals surface area contributed by atoms with Gasteiger partial charge in [-0.25, -0.2) is 0 Å². The number of pyridine rings is 1. The van der Waals surface area contributed by atoms with Crippen molar-refractivity contribution in [3.63, 3.8) is 0 Å². The van der Waals surface area contributed by atoms with Gasteiger partial charge in [-0.2, -0.15) is 0 Å². The minimum atomic E-state index is 0.913. The van der Waals surface area contributed by atoms with Crippen LogP contribution in [0.15, 0.2) is 48.7 Å². The van der Waals surface area contributed by atoms with Gasteiger partial charge >= 0.3 is 0 Å². The SMILES string of the molecule is CN1CCCN(Cc2ccc(C#Cc3ccccc3)cn2)C1. The Labute approximate surface area is 132 Å². The van der Waals surface area contributed by atoms with E-state index in [-0.39, 0.29) is 0 Å². The van der Waals surface area contributed by atoms with Crippen LogP contribution in [0.25, 0.3) is 0 Å². The van der Waals surface area contributed by atoms with Gasteiger partial charge in [0.25, 0.3) is 0 Å². The number of hydrogen-bond donors (Lipinski definition) is 0. The zero-order valence-corrected chi connectivity index (χ0v) is 13.0. The van der Waals surface area contributed by atoms with Crippen LogP contribution in [-0.2, 0) is 6.54 Å². The Morgan fingerprint density at radius 3 is 2.55 bits per heavy atom. The van der Waals surface area contributed by atoms with Crippen LogP contribution < -0.4 is 0 Å². The van der Waals surface area contributed by atoms with Crippen LogP contribution in [0.1, 0.15) is 23.2 Å². The second-order valence-corrected chi connectivity index (χ2v) is 5.78. The molecule has 1 aliphatic heterocycles. The minimum absolute atomic E-state index is 0.913. The maximum absolute atomic E-state index is 4.55. The third kappa shape index (κ3) is 4.17. The Morgan fingerprint density at radius 1 is 1.00 bits per heavy atom. The lowest BCUT2D eigenvalue weighted by Crippen LogP contribution is -2.42. The summed E-state index contributed by atoms with van der Waals surface area (Å²) in [4.78, 5) is 9.33. The van der Waals surface area contributed by atoms with E-state index in [2.05, 4.69) is 45.8 Å². The van der Waals surface area contributed by atoms with Gasteiger partial charge in [0.05, 0.1) is 12.4 Å². The number of benzene rings is 1. The standard InChI is InChI=1S/C19H21N3/c1-21-12-5-13-22(16-21)15-19-11-10-18(14-20-19)9-8-17-6-3-2-4-7-17/h2-4,6-7,10-11,14H,5,12-13,15-16H2,1H3. The predicted octanol–water partition coefficient (Wildman–Crippen LogP) is 2.58. The summed E-state index contributed by atoms with van der Waals surface area (Å²) in [6, 6.07) is 14.2. The molecule has 1 saturated heterocycles. The molecule has 2 heterocycles. The van der Waals surface area contributed by atoms with E-state index in [1.807, 2.05) is 36.5 Å². The van der Waals surface area contributed by atoms with Crippen LogP contribution in [0.3, 0.4) is 0 Å². The van der Waals surface area contributed by atoms with Crippen molar-refractivity contribution in [1.29, 1.82) is 0 Å². The highest BCUT2D eigenvalue weighted by atomic mass is 15.3. The van der Waals surface area contributed by atoms with Crippen molar-refractivity contribution < 1.29 is 0 Å². The van der Waals surface area contributed by atoms with Crippen LogP contribution in [0.2, 0.25) is 0 Å². The van der Waals surface area contributed by atoms with Gasteiger partial charge in [0.1, 0.15) is 0 Å². The van der Waals surface area contributed by atoms with Crippen molar-refractivity contribution in [1.82, 2.24) is 14.8 Å². The maximum atomic E-state index is 4.55. The number of hydrogen-bond acceptors (Lipinski definition) is 3. The summed E-state index contributed by atoms with van der Waals surface area (Å²) >= 11 is 0.